The Bertz CT molecular complexity index is 1280. The van der Waals surface area contributed by atoms with Crippen LogP contribution in [0.4, 0.5) is 15.8 Å². The molecule has 3 aromatic rings. The number of hydrogen-bond acceptors (Lipinski definition) is 5. The van der Waals surface area contributed by atoms with Gasteiger partial charge in [-0.05, 0) is 42.7 Å². The first-order chi connectivity index (χ1) is 15.8. The molecule has 1 N–H and O–H groups in total. The van der Waals surface area contributed by atoms with Gasteiger partial charge in [-0.3, -0.25) is 9.59 Å². The highest BCUT2D eigenvalue weighted by Crippen LogP contribution is 2.36. The molecule has 0 fully saturated rings. The van der Waals surface area contributed by atoms with Crippen LogP contribution in [0.1, 0.15) is 16.7 Å². The van der Waals surface area contributed by atoms with Gasteiger partial charge in [0.25, 0.3) is 11.8 Å². The van der Waals surface area contributed by atoms with Gasteiger partial charge in [-0.15, -0.1) is 0 Å². The molecular formula is C26H23FN2O4. The van der Waals surface area contributed by atoms with E-state index in [1.165, 1.54) is 32.4 Å². The maximum atomic E-state index is 14.6. The Balaban J connectivity index is 1.87. The summed E-state index contributed by atoms with van der Waals surface area (Å²) in [6, 6.07) is 16.2. The van der Waals surface area contributed by atoms with E-state index in [4.69, 9.17) is 9.47 Å². The number of rotatable bonds is 6. The van der Waals surface area contributed by atoms with Gasteiger partial charge in [0.15, 0.2) is 0 Å². The summed E-state index contributed by atoms with van der Waals surface area (Å²) in [6.45, 7) is 3.89. The number of nitrogens with one attached hydrogen (secondary N) is 1. The van der Waals surface area contributed by atoms with Crippen LogP contribution in [0, 0.1) is 19.7 Å². The fourth-order valence-corrected chi connectivity index (χ4v) is 3.69. The molecule has 0 saturated carbocycles. The average molecular weight is 446 g/mol. The number of amides is 2. The zero-order chi connectivity index (χ0) is 23.7. The molecule has 168 valence electrons. The quantitative estimate of drug-likeness (QED) is 0.548. The number of hydrogen-bond donors (Lipinski definition) is 1. The van der Waals surface area contributed by atoms with Crippen molar-refractivity contribution in [2.45, 2.75) is 13.8 Å². The van der Waals surface area contributed by atoms with Crippen molar-refractivity contribution >= 4 is 28.8 Å². The Hall–Kier alpha value is -4.13. The number of carbonyl (C=O) groups is 2. The molecule has 1 heterocycles. The number of benzene rings is 3. The van der Waals surface area contributed by atoms with Crippen molar-refractivity contribution in [2.24, 2.45) is 0 Å². The third-order valence-corrected chi connectivity index (χ3v) is 5.59. The molecule has 0 aromatic heterocycles. The standard InChI is InChI=1S/C26H23FN2O4/c1-15-9-10-17(11-16(15)2)23-24(28-18-12-19(32-3)14-20(13-18)33-4)26(31)29(25(23)30)22-8-6-5-7-21(22)27/h5-14,28H,1-4H3. The zero-order valence-corrected chi connectivity index (χ0v) is 18.7. The molecule has 7 heteroatoms. The predicted octanol–water partition coefficient (Wildman–Crippen LogP) is 4.86. The van der Waals surface area contributed by atoms with E-state index < -0.39 is 17.6 Å². The molecule has 0 atom stereocenters. The molecule has 2 amide bonds. The van der Waals surface area contributed by atoms with E-state index >= 15 is 0 Å². The summed E-state index contributed by atoms with van der Waals surface area (Å²) in [5.41, 5.74) is 3.16. The Morgan fingerprint density at radius 3 is 2.09 bits per heavy atom. The molecule has 0 unspecified atom stereocenters. The zero-order valence-electron chi connectivity index (χ0n) is 18.7. The number of para-hydroxylation sites is 1. The van der Waals surface area contributed by atoms with Gasteiger partial charge in [-0.2, -0.15) is 0 Å². The largest absolute Gasteiger partial charge is 0.497 e. The van der Waals surface area contributed by atoms with E-state index in [9.17, 15) is 14.0 Å². The second-order valence-electron chi connectivity index (χ2n) is 7.67. The lowest BCUT2D eigenvalue weighted by atomic mass is 9.99. The summed E-state index contributed by atoms with van der Waals surface area (Å²) in [5, 5.41) is 3.06. The first-order valence-corrected chi connectivity index (χ1v) is 10.3. The number of anilines is 2. The number of nitrogens with zero attached hydrogens (tertiary/aromatic N) is 1. The van der Waals surface area contributed by atoms with Gasteiger partial charge in [0.1, 0.15) is 23.0 Å². The number of aryl methyl sites for hydroxylation is 2. The number of methoxy groups -OCH3 is 2. The van der Waals surface area contributed by atoms with Crippen LogP contribution < -0.4 is 19.7 Å². The highest BCUT2D eigenvalue weighted by Gasteiger charge is 2.41. The second kappa shape index (κ2) is 8.78. The maximum absolute atomic E-state index is 14.6. The second-order valence-corrected chi connectivity index (χ2v) is 7.67. The molecule has 0 radical (unpaired) electrons. The van der Waals surface area contributed by atoms with E-state index in [1.807, 2.05) is 26.0 Å². The lowest BCUT2D eigenvalue weighted by Gasteiger charge is -2.16. The normalized spacial score (nSPS) is 13.5. The third kappa shape index (κ3) is 4.05. The fraction of sp³-hybridized carbons (Fsp3) is 0.154. The van der Waals surface area contributed by atoms with Crippen molar-refractivity contribution in [2.75, 3.05) is 24.4 Å². The van der Waals surface area contributed by atoms with Crippen molar-refractivity contribution in [3.8, 4) is 11.5 Å². The van der Waals surface area contributed by atoms with Crippen molar-refractivity contribution in [1.82, 2.24) is 0 Å². The molecule has 0 bridgehead atoms. The maximum Gasteiger partial charge on any atom is 0.282 e. The van der Waals surface area contributed by atoms with Crippen molar-refractivity contribution in [3.63, 3.8) is 0 Å². The van der Waals surface area contributed by atoms with E-state index in [2.05, 4.69) is 5.32 Å². The molecule has 6 nitrogen and oxygen atoms in total. The van der Waals surface area contributed by atoms with Gasteiger partial charge in [-0.1, -0.05) is 30.3 Å². The summed E-state index contributed by atoms with van der Waals surface area (Å²) in [5.74, 6) is -0.908. The summed E-state index contributed by atoms with van der Waals surface area (Å²) >= 11 is 0. The van der Waals surface area contributed by atoms with Crippen LogP contribution in [0.3, 0.4) is 0 Å². The molecular weight excluding hydrogens is 423 g/mol. The van der Waals surface area contributed by atoms with Crippen LogP contribution in [0.15, 0.2) is 66.4 Å². The lowest BCUT2D eigenvalue weighted by Crippen LogP contribution is -2.33. The van der Waals surface area contributed by atoms with E-state index in [0.717, 1.165) is 16.0 Å². The van der Waals surface area contributed by atoms with Crippen LogP contribution in [0.25, 0.3) is 5.57 Å². The van der Waals surface area contributed by atoms with Gasteiger partial charge in [0, 0.05) is 23.9 Å². The Labute approximate surface area is 191 Å². The van der Waals surface area contributed by atoms with Crippen LogP contribution in [-0.2, 0) is 9.59 Å². The number of imide groups is 1. The summed E-state index contributed by atoms with van der Waals surface area (Å²) in [6.07, 6.45) is 0. The van der Waals surface area contributed by atoms with E-state index in [-0.39, 0.29) is 17.0 Å². The molecule has 1 aliphatic heterocycles. The molecule has 1 aliphatic rings. The van der Waals surface area contributed by atoms with Crippen LogP contribution >= 0.6 is 0 Å². The Kier molecular flexibility index (Phi) is 5.87. The lowest BCUT2D eigenvalue weighted by molar-refractivity contribution is -0.120. The van der Waals surface area contributed by atoms with Gasteiger partial charge in [0.2, 0.25) is 0 Å². The van der Waals surface area contributed by atoms with Crippen LogP contribution in [0.2, 0.25) is 0 Å². The minimum atomic E-state index is -0.664. The molecule has 3 aromatic carbocycles. The van der Waals surface area contributed by atoms with E-state index in [1.54, 1.807) is 30.3 Å². The van der Waals surface area contributed by atoms with Gasteiger partial charge in [-0.25, -0.2) is 9.29 Å². The van der Waals surface area contributed by atoms with Crippen LogP contribution in [-0.4, -0.2) is 26.0 Å². The topological polar surface area (TPSA) is 67.9 Å². The minimum Gasteiger partial charge on any atom is -0.497 e. The van der Waals surface area contributed by atoms with Crippen molar-refractivity contribution in [1.29, 1.82) is 0 Å². The van der Waals surface area contributed by atoms with Crippen molar-refractivity contribution in [3.05, 3.63) is 88.9 Å². The minimum absolute atomic E-state index is 0.0433. The summed E-state index contributed by atoms with van der Waals surface area (Å²) in [4.78, 5) is 27.8. The highest BCUT2D eigenvalue weighted by atomic mass is 19.1. The molecule has 0 saturated heterocycles. The third-order valence-electron chi connectivity index (χ3n) is 5.59. The smallest absolute Gasteiger partial charge is 0.282 e. The highest BCUT2D eigenvalue weighted by molar-refractivity contribution is 6.46. The Morgan fingerprint density at radius 2 is 1.48 bits per heavy atom. The first kappa shape index (κ1) is 22.1. The molecule has 0 aliphatic carbocycles. The van der Waals surface area contributed by atoms with Gasteiger partial charge in [0.05, 0.1) is 25.5 Å². The van der Waals surface area contributed by atoms with Crippen LogP contribution in [0.5, 0.6) is 11.5 Å². The molecule has 33 heavy (non-hydrogen) atoms. The Morgan fingerprint density at radius 1 is 0.818 bits per heavy atom. The fourth-order valence-electron chi connectivity index (χ4n) is 3.69. The number of halogens is 1. The summed E-state index contributed by atoms with van der Waals surface area (Å²) < 4.78 is 25.2. The van der Waals surface area contributed by atoms with Crippen molar-refractivity contribution < 1.29 is 23.5 Å². The van der Waals surface area contributed by atoms with Gasteiger partial charge < -0.3 is 14.8 Å². The molecule has 4 rings (SSSR count). The van der Waals surface area contributed by atoms with E-state index in [0.29, 0.717) is 22.7 Å². The average Bonchev–Trinajstić information content (AvgIpc) is 3.05. The number of carbonyl (C=O) groups excluding carboxylic acids is 2. The molecule has 0 spiro atoms. The monoisotopic (exact) mass is 446 g/mol. The summed E-state index contributed by atoms with van der Waals surface area (Å²) in [7, 11) is 3.03. The first-order valence-electron chi connectivity index (χ1n) is 10.3. The predicted molar refractivity (Wildman–Crippen MR) is 125 cm³/mol. The SMILES string of the molecule is COc1cc(NC2=C(c3ccc(C)c(C)c3)C(=O)N(c3ccccc3F)C2=O)cc(OC)c1. The number of ether oxygens (including phenoxy) is 2. The van der Waals surface area contributed by atoms with Gasteiger partial charge >= 0.3 is 0 Å².